The van der Waals surface area contributed by atoms with E-state index in [2.05, 4.69) is 15.0 Å². The Kier molecular flexibility index (Phi) is 4.85. The lowest BCUT2D eigenvalue weighted by molar-refractivity contribution is 0.564. The number of thiazole rings is 1. The third-order valence-electron chi connectivity index (χ3n) is 1.98. The minimum Gasteiger partial charge on any atom is -0.319 e. The van der Waals surface area contributed by atoms with Crippen LogP contribution in [-0.4, -0.2) is 32.7 Å². The molecule has 0 aliphatic carbocycles. The number of nitrogens with zero attached hydrogens (tertiary/aromatic N) is 1. The first kappa shape index (κ1) is 13.6. The van der Waals surface area contributed by atoms with Crippen LogP contribution in [0.1, 0.15) is 23.7 Å². The second-order valence-corrected chi connectivity index (χ2v) is 6.35. The molecule has 2 N–H and O–H groups in total. The number of hydrogen-bond donors (Lipinski definition) is 2. The molecule has 5 nitrogen and oxygen atoms in total. The van der Waals surface area contributed by atoms with Gasteiger partial charge in [0, 0.05) is 17.6 Å². The molecular weight excluding hydrogens is 246 g/mol. The zero-order valence-corrected chi connectivity index (χ0v) is 11.3. The first-order valence-electron chi connectivity index (χ1n) is 5.01. The van der Waals surface area contributed by atoms with Gasteiger partial charge in [-0.15, -0.1) is 11.3 Å². The fourth-order valence-electron chi connectivity index (χ4n) is 1.19. The fraction of sp³-hybridized carbons (Fsp3) is 0.667. The van der Waals surface area contributed by atoms with Crippen LogP contribution >= 0.6 is 11.3 Å². The Morgan fingerprint density at radius 3 is 2.75 bits per heavy atom. The van der Waals surface area contributed by atoms with E-state index in [4.69, 9.17) is 0 Å². The van der Waals surface area contributed by atoms with Crippen molar-refractivity contribution in [1.82, 2.24) is 15.0 Å². The molecule has 1 heterocycles. The Morgan fingerprint density at radius 2 is 2.25 bits per heavy atom. The van der Waals surface area contributed by atoms with Crippen molar-refractivity contribution >= 4 is 21.4 Å². The van der Waals surface area contributed by atoms with Crippen molar-refractivity contribution in [3.63, 3.8) is 0 Å². The summed E-state index contributed by atoms with van der Waals surface area (Å²) >= 11 is 1.47. The summed E-state index contributed by atoms with van der Waals surface area (Å²) in [5.74, 6) is 0.0815. The summed E-state index contributed by atoms with van der Waals surface area (Å²) in [5.41, 5.74) is 0.918. The highest BCUT2D eigenvalue weighted by molar-refractivity contribution is 7.89. The summed E-state index contributed by atoms with van der Waals surface area (Å²) in [4.78, 5) is 4.25. The van der Waals surface area contributed by atoms with Gasteiger partial charge in [0.1, 0.15) is 5.01 Å². The van der Waals surface area contributed by atoms with Gasteiger partial charge in [0.25, 0.3) is 0 Å². The lowest BCUT2D eigenvalue weighted by Crippen LogP contribution is -2.32. The van der Waals surface area contributed by atoms with E-state index >= 15 is 0 Å². The zero-order valence-electron chi connectivity index (χ0n) is 9.65. The van der Waals surface area contributed by atoms with Gasteiger partial charge in [-0.2, -0.15) is 0 Å². The van der Waals surface area contributed by atoms with Gasteiger partial charge in [-0.05, 0) is 20.9 Å². The first-order valence-corrected chi connectivity index (χ1v) is 7.54. The van der Waals surface area contributed by atoms with Crippen molar-refractivity contribution in [2.24, 2.45) is 0 Å². The lowest BCUT2D eigenvalue weighted by atomic mass is 10.4. The van der Waals surface area contributed by atoms with E-state index in [1.165, 1.54) is 11.3 Å². The van der Waals surface area contributed by atoms with E-state index in [1.54, 1.807) is 14.0 Å². The van der Waals surface area contributed by atoms with E-state index in [0.717, 1.165) is 10.7 Å². The van der Waals surface area contributed by atoms with Crippen LogP contribution in [0.25, 0.3) is 0 Å². The van der Waals surface area contributed by atoms with Crippen LogP contribution in [0.3, 0.4) is 0 Å². The molecule has 16 heavy (non-hydrogen) atoms. The maximum absolute atomic E-state index is 11.6. The summed E-state index contributed by atoms with van der Waals surface area (Å²) in [6.07, 6.45) is 0. The van der Waals surface area contributed by atoms with Crippen LogP contribution in [0.15, 0.2) is 5.38 Å². The first-order chi connectivity index (χ1) is 7.44. The molecular formula is C9H17N3O2S2. The molecule has 0 fully saturated rings. The van der Waals surface area contributed by atoms with Crippen molar-refractivity contribution in [2.45, 2.75) is 19.9 Å². The van der Waals surface area contributed by atoms with Crippen molar-refractivity contribution in [2.75, 3.05) is 19.3 Å². The summed E-state index contributed by atoms with van der Waals surface area (Å²) < 4.78 is 25.8. The molecule has 0 radical (unpaired) electrons. The maximum atomic E-state index is 11.6. The molecule has 0 aliphatic heterocycles. The fourth-order valence-corrected chi connectivity index (χ4v) is 3.31. The molecule has 0 saturated carbocycles. The third kappa shape index (κ3) is 4.17. The topological polar surface area (TPSA) is 71.1 Å². The number of sulfonamides is 1. The molecule has 1 aromatic rings. The maximum Gasteiger partial charge on any atom is 0.213 e. The van der Waals surface area contributed by atoms with Crippen molar-refractivity contribution in [3.05, 3.63) is 16.1 Å². The Hall–Kier alpha value is -0.500. The van der Waals surface area contributed by atoms with Crippen LogP contribution in [0.2, 0.25) is 0 Å². The van der Waals surface area contributed by atoms with Gasteiger partial charge in [0.05, 0.1) is 11.8 Å². The van der Waals surface area contributed by atoms with Gasteiger partial charge in [-0.1, -0.05) is 0 Å². The van der Waals surface area contributed by atoms with Crippen LogP contribution < -0.4 is 10.0 Å². The molecule has 1 rings (SSSR count). The van der Waals surface area contributed by atoms with Crippen LogP contribution in [-0.2, 0) is 10.0 Å². The summed E-state index contributed by atoms with van der Waals surface area (Å²) in [7, 11) is -1.50. The van der Waals surface area contributed by atoms with Crippen molar-refractivity contribution in [1.29, 1.82) is 0 Å². The summed E-state index contributed by atoms with van der Waals surface area (Å²) in [6.45, 7) is 4.14. The average Bonchev–Trinajstić information content (AvgIpc) is 2.61. The van der Waals surface area contributed by atoms with Gasteiger partial charge >= 0.3 is 0 Å². The highest BCUT2D eigenvalue weighted by Crippen LogP contribution is 2.17. The number of nitrogens with one attached hydrogen (secondary N) is 2. The minimum absolute atomic E-state index is 0.0815. The largest absolute Gasteiger partial charge is 0.319 e. The Labute approximate surface area is 100 Å². The zero-order chi connectivity index (χ0) is 12.2. The molecule has 1 atom stereocenters. The highest BCUT2D eigenvalue weighted by atomic mass is 32.2. The Bertz CT molecular complexity index is 428. The van der Waals surface area contributed by atoms with Gasteiger partial charge < -0.3 is 5.32 Å². The van der Waals surface area contributed by atoms with Crippen LogP contribution in [0.5, 0.6) is 0 Å². The predicted octanol–water partition coefficient (Wildman–Crippen LogP) is 0.651. The smallest absolute Gasteiger partial charge is 0.213 e. The minimum atomic E-state index is -3.23. The third-order valence-corrected chi connectivity index (χ3v) is 4.58. The van der Waals surface area contributed by atoms with Gasteiger partial charge in [0.15, 0.2) is 0 Å². The second-order valence-electron chi connectivity index (χ2n) is 3.59. The SMILES string of the molecule is CNCCS(=O)(=O)NC(C)c1nc(C)cs1. The number of aromatic nitrogens is 1. The van der Waals surface area contributed by atoms with E-state index in [0.29, 0.717) is 6.54 Å². The van der Waals surface area contributed by atoms with Crippen LogP contribution in [0.4, 0.5) is 0 Å². The molecule has 1 aromatic heterocycles. The average molecular weight is 263 g/mol. The standard InChI is InChI=1S/C9H17N3O2S2/c1-7-6-15-9(11-7)8(2)12-16(13,14)5-4-10-3/h6,8,10,12H,4-5H2,1-3H3. The molecule has 0 bridgehead atoms. The van der Waals surface area contributed by atoms with E-state index < -0.39 is 10.0 Å². The quantitative estimate of drug-likeness (QED) is 0.790. The van der Waals surface area contributed by atoms with Gasteiger partial charge in [-0.25, -0.2) is 18.1 Å². The molecule has 0 saturated heterocycles. The predicted molar refractivity (Wildman–Crippen MR) is 66.1 cm³/mol. The van der Waals surface area contributed by atoms with Crippen molar-refractivity contribution < 1.29 is 8.42 Å². The summed E-state index contributed by atoms with van der Waals surface area (Å²) in [6, 6.07) is -0.263. The van der Waals surface area contributed by atoms with Gasteiger partial charge in [0.2, 0.25) is 10.0 Å². The van der Waals surface area contributed by atoms with E-state index in [-0.39, 0.29) is 11.8 Å². The second kappa shape index (κ2) is 5.72. The molecule has 1 unspecified atom stereocenters. The lowest BCUT2D eigenvalue weighted by Gasteiger charge is -2.11. The Balaban J connectivity index is 2.60. The van der Waals surface area contributed by atoms with Crippen molar-refractivity contribution in [3.8, 4) is 0 Å². The van der Waals surface area contributed by atoms with Crippen LogP contribution in [0, 0.1) is 6.92 Å². The Morgan fingerprint density at radius 1 is 1.56 bits per heavy atom. The molecule has 0 aliphatic rings. The molecule has 0 amide bonds. The number of aryl methyl sites for hydroxylation is 1. The molecule has 0 aromatic carbocycles. The number of rotatable bonds is 6. The molecule has 92 valence electrons. The molecule has 7 heteroatoms. The van der Waals surface area contributed by atoms with Gasteiger partial charge in [-0.3, -0.25) is 0 Å². The van der Waals surface area contributed by atoms with E-state index in [9.17, 15) is 8.42 Å². The normalized spacial score (nSPS) is 13.9. The summed E-state index contributed by atoms with van der Waals surface area (Å²) in [5, 5.41) is 5.52. The van der Waals surface area contributed by atoms with E-state index in [1.807, 2.05) is 12.3 Å². The number of hydrogen-bond acceptors (Lipinski definition) is 5. The molecule has 0 spiro atoms. The highest BCUT2D eigenvalue weighted by Gasteiger charge is 2.17. The monoisotopic (exact) mass is 263 g/mol.